The average Bonchev–Trinajstić information content (AvgIpc) is 2.05. The van der Waals surface area contributed by atoms with Crippen LogP contribution in [0.2, 0.25) is 0 Å². The van der Waals surface area contributed by atoms with Gasteiger partial charge in [-0.15, -0.1) is 0 Å². The summed E-state index contributed by atoms with van der Waals surface area (Å²) in [6.45, 7) is 0.101. The zero-order valence-corrected chi connectivity index (χ0v) is 6.91. The monoisotopic (exact) mass is 154 g/mol. The fourth-order valence-electron chi connectivity index (χ4n) is 0.930. The summed E-state index contributed by atoms with van der Waals surface area (Å²) in [7, 11) is 4.00. The molecule has 0 aromatic heterocycles. The van der Waals surface area contributed by atoms with Crippen LogP contribution < -0.4 is 5.32 Å². The molecule has 0 radical (unpaired) electrons. The van der Waals surface area contributed by atoms with E-state index in [2.05, 4.69) is 10.2 Å². The molecular formula is C8H14N2O. The maximum Gasteiger partial charge on any atom is 0.0980 e. The molecule has 3 heteroatoms. The molecule has 1 aliphatic heterocycles. The van der Waals surface area contributed by atoms with Crippen molar-refractivity contribution in [2.24, 2.45) is 0 Å². The highest BCUT2D eigenvalue weighted by atomic mass is 16.3. The standard InChI is InChI=1S/C8H14N2O/c1-10(2)8-4-3-7(6-11)5-9-8/h3-5,8-9,11H,6H2,1-2H3. The molecule has 62 valence electrons. The Hall–Kier alpha value is -0.800. The first-order valence-corrected chi connectivity index (χ1v) is 3.64. The van der Waals surface area contributed by atoms with E-state index in [1.54, 1.807) is 0 Å². The second-order valence-corrected chi connectivity index (χ2v) is 2.81. The number of aliphatic hydroxyl groups is 1. The van der Waals surface area contributed by atoms with Gasteiger partial charge in [0.05, 0.1) is 12.8 Å². The second kappa shape index (κ2) is 3.55. The van der Waals surface area contributed by atoms with E-state index >= 15 is 0 Å². The molecule has 1 atom stereocenters. The minimum atomic E-state index is 0.101. The third-order valence-electron chi connectivity index (χ3n) is 1.67. The lowest BCUT2D eigenvalue weighted by Gasteiger charge is -2.24. The summed E-state index contributed by atoms with van der Waals surface area (Å²) in [4.78, 5) is 2.06. The van der Waals surface area contributed by atoms with Crippen LogP contribution in [0.1, 0.15) is 0 Å². The second-order valence-electron chi connectivity index (χ2n) is 2.81. The highest BCUT2D eigenvalue weighted by Crippen LogP contribution is 2.03. The molecule has 0 aromatic rings. The van der Waals surface area contributed by atoms with E-state index in [4.69, 9.17) is 5.11 Å². The largest absolute Gasteiger partial charge is 0.392 e. The van der Waals surface area contributed by atoms with Crippen LogP contribution in [0.4, 0.5) is 0 Å². The Kier molecular flexibility index (Phi) is 2.68. The molecule has 1 aliphatic rings. The molecule has 0 bridgehead atoms. The van der Waals surface area contributed by atoms with E-state index in [0.29, 0.717) is 0 Å². The molecule has 0 spiro atoms. The first-order chi connectivity index (χ1) is 5.24. The third-order valence-corrected chi connectivity index (χ3v) is 1.67. The normalized spacial score (nSPS) is 23.3. The van der Waals surface area contributed by atoms with Gasteiger partial charge in [0.15, 0.2) is 0 Å². The SMILES string of the molecule is CN(C)C1C=CC(CO)=CN1. The number of likely N-dealkylation sites (N-methyl/N-ethyl adjacent to an activating group) is 1. The molecule has 0 aliphatic carbocycles. The summed E-state index contributed by atoms with van der Waals surface area (Å²) in [5, 5.41) is 11.9. The summed E-state index contributed by atoms with van der Waals surface area (Å²) >= 11 is 0. The van der Waals surface area contributed by atoms with Crippen LogP contribution in [0.15, 0.2) is 23.9 Å². The van der Waals surface area contributed by atoms with Gasteiger partial charge in [-0.05, 0) is 25.7 Å². The summed E-state index contributed by atoms with van der Waals surface area (Å²) in [6.07, 6.45) is 6.04. The van der Waals surface area contributed by atoms with Crippen LogP contribution in [0.3, 0.4) is 0 Å². The van der Waals surface area contributed by atoms with Crippen LogP contribution in [0.25, 0.3) is 0 Å². The Labute approximate surface area is 67.0 Å². The van der Waals surface area contributed by atoms with Gasteiger partial charge in [-0.2, -0.15) is 0 Å². The van der Waals surface area contributed by atoms with Gasteiger partial charge in [-0.1, -0.05) is 6.08 Å². The molecule has 1 heterocycles. The lowest BCUT2D eigenvalue weighted by atomic mass is 10.2. The minimum Gasteiger partial charge on any atom is -0.392 e. The number of hydrogen-bond donors (Lipinski definition) is 2. The van der Waals surface area contributed by atoms with E-state index in [9.17, 15) is 0 Å². The molecule has 2 N–H and O–H groups in total. The first-order valence-electron chi connectivity index (χ1n) is 3.64. The van der Waals surface area contributed by atoms with Gasteiger partial charge in [-0.25, -0.2) is 0 Å². The third kappa shape index (κ3) is 2.06. The van der Waals surface area contributed by atoms with Crippen LogP contribution >= 0.6 is 0 Å². The van der Waals surface area contributed by atoms with E-state index < -0.39 is 0 Å². The number of nitrogens with one attached hydrogen (secondary N) is 1. The predicted octanol–water partition coefficient (Wildman–Crippen LogP) is -0.0903. The first kappa shape index (κ1) is 8.30. The molecule has 1 unspecified atom stereocenters. The van der Waals surface area contributed by atoms with Crippen molar-refractivity contribution >= 4 is 0 Å². The van der Waals surface area contributed by atoms with Gasteiger partial charge in [0, 0.05) is 6.20 Å². The van der Waals surface area contributed by atoms with Crippen molar-refractivity contribution in [2.45, 2.75) is 6.17 Å². The van der Waals surface area contributed by atoms with Crippen molar-refractivity contribution in [1.82, 2.24) is 10.2 Å². The number of hydrogen-bond acceptors (Lipinski definition) is 3. The topological polar surface area (TPSA) is 35.5 Å². The molecule has 0 saturated carbocycles. The van der Waals surface area contributed by atoms with E-state index in [1.807, 2.05) is 32.4 Å². The molecule has 3 nitrogen and oxygen atoms in total. The van der Waals surface area contributed by atoms with Crippen molar-refractivity contribution in [3.8, 4) is 0 Å². The number of nitrogens with zero attached hydrogens (tertiary/aromatic N) is 1. The van der Waals surface area contributed by atoms with Gasteiger partial charge in [0.2, 0.25) is 0 Å². The van der Waals surface area contributed by atoms with E-state index in [0.717, 1.165) is 5.57 Å². The number of dihydropyridines is 1. The number of aliphatic hydroxyl groups excluding tert-OH is 1. The van der Waals surface area contributed by atoms with Gasteiger partial charge in [0.1, 0.15) is 0 Å². The summed E-state index contributed by atoms with van der Waals surface area (Å²) < 4.78 is 0. The van der Waals surface area contributed by atoms with E-state index in [1.165, 1.54) is 0 Å². The quantitative estimate of drug-likeness (QED) is 0.583. The van der Waals surface area contributed by atoms with Crippen molar-refractivity contribution in [1.29, 1.82) is 0 Å². The Morgan fingerprint density at radius 3 is 2.73 bits per heavy atom. The maximum absolute atomic E-state index is 8.74. The zero-order valence-electron chi connectivity index (χ0n) is 6.91. The fourth-order valence-corrected chi connectivity index (χ4v) is 0.930. The Balaban J connectivity index is 2.50. The lowest BCUT2D eigenvalue weighted by molar-refractivity contribution is 0.306. The van der Waals surface area contributed by atoms with Crippen LogP contribution in [0, 0.1) is 0 Å². The summed E-state index contributed by atoms with van der Waals surface area (Å²) in [5.41, 5.74) is 0.920. The molecule has 0 saturated heterocycles. The highest BCUT2D eigenvalue weighted by Gasteiger charge is 2.07. The lowest BCUT2D eigenvalue weighted by Crippen LogP contribution is -2.38. The van der Waals surface area contributed by atoms with Gasteiger partial charge >= 0.3 is 0 Å². The molecule has 0 fully saturated rings. The minimum absolute atomic E-state index is 0.101. The summed E-state index contributed by atoms with van der Waals surface area (Å²) in [6, 6.07) is 0. The smallest absolute Gasteiger partial charge is 0.0980 e. The zero-order chi connectivity index (χ0) is 8.27. The molecule has 11 heavy (non-hydrogen) atoms. The van der Waals surface area contributed by atoms with Crippen molar-refractivity contribution < 1.29 is 5.11 Å². The Bertz CT molecular complexity index is 185. The van der Waals surface area contributed by atoms with Crippen molar-refractivity contribution in [2.75, 3.05) is 20.7 Å². The van der Waals surface area contributed by atoms with Gasteiger partial charge in [-0.3, -0.25) is 4.90 Å². The highest BCUT2D eigenvalue weighted by molar-refractivity contribution is 5.23. The van der Waals surface area contributed by atoms with Crippen LogP contribution in [-0.2, 0) is 0 Å². The fraction of sp³-hybridized carbons (Fsp3) is 0.500. The maximum atomic E-state index is 8.74. The van der Waals surface area contributed by atoms with Crippen LogP contribution in [0.5, 0.6) is 0 Å². The Morgan fingerprint density at radius 1 is 1.64 bits per heavy atom. The summed E-state index contributed by atoms with van der Waals surface area (Å²) in [5.74, 6) is 0. The molecule has 0 amide bonds. The molecular weight excluding hydrogens is 140 g/mol. The van der Waals surface area contributed by atoms with Gasteiger partial charge < -0.3 is 10.4 Å². The van der Waals surface area contributed by atoms with Gasteiger partial charge in [0.25, 0.3) is 0 Å². The average molecular weight is 154 g/mol. The molecule has 0 aromatic carbocycles. The Morgan fingerprint density at radius 2 is 2.36 bits per heavy atom. The molecule has 1 rings (SSSR count). The van der Waals surface area contributed by atoms with Crippen LogP contribution in [-0.4, -0.2) is 36.9 Å². The predicted molar refractivity (Wildman–Crippen MR) is 44.9 cm³/mol. The van der Waals surface area contributed by atoms with Crippen molar-refractivity contribution in [3.05, 3.63) is 23.9 Å². The van der Waals surface area contributed by atoms with Crippen molar-refractivity contribution in [3.63, 3.8) is 0 Å². The van der Waals surface area contributed by atoms with E-state index in [-0.39, 0.29) is 12.8 Å². The number of rotatable bonds is 2.